The zero-order chi connectivity index (χ0) is 23.1. The number of rotatable bonds is 10. The van der Waals surface area contributed by atoms with E-state index in [-0.39, 0.29) is 18.8 Å². The summed E-state index contributed by atoms with van der Waals surface area (Å²) in [4.78, 5) is 11.1. The molecule has 0 bridgehead atoms. The third kappa shape index (κ3) is 5.92. The highest BCUT2D eigenvalue weighted by atomic mass is 19.1. The molecule has 0 aliphatic carbocycles. The first-order valence-corrected chi connectivity index (χ1v) is 10.5. The number of benzene rings is 3. The van der Waals surface area contributed by atoms with Crippen molar-refractivity contribution >= 4 is 5.97 Å². The Hall–Kier alpha value is -3.25. The normalized spacial score (nSPS) is 11.9. The average Bonchev–Trinajstić information content (AvgIpc) is 2.76. The molecule has 32 heavy (non-hydrogen) atoms. The lowest BCUT2D eigenvalue weighted by Crippen LogP contribution is -2.08. The Morgan fingerprint density at radius 3 is 2.56 bits per heavy atom. The van der Waals surface area contributed by atoms with Gasteiger partial charge in [0.25, 0.3) is 0 Å². The van der Waals surface area contributed by atoms with Gasteiger partial charge in [-0.1, -0.05) is 48.5 Å². The minimum Gasteiger partial charge on any atom is -0.489 e. The molecule has 0 saturated carbocycles. The Balaban J connectivity index is 1.94. The highest BCUT2D eigenvalue weighted by Gasteiger charge is 2.15. The standard InChI is InChI=1S/C26H27F2NO3/c1-17(29)22-8-4-9-23(26(22)28)21-13-18(6-5-11-27)12-19(14-21)16-32-24-10-3-2-7-20(24)15-25(30)31/h2-4,7-10,12-14,17H,5-6,11,15-16,29H2,1H3,(H,30,31). The molecule has 3 rings (SSSR count). The van der Waals surface area contributed by atoms with Gasteiger partial charge in [0, 0.05) is 22.7 Å². The minimum atomic E-state index is -0.943. The lowest BCUT2D eigenvalue weighted by atomic mass is 9.95. The van der Waals surface area contributed by atoms with Crippen LogP contribution < -0.4 is 10.5 Å². The Labute approximate surface area is 186 Å². The molecule has 4 nitrogen and oxygen atoms in total. The van der Waals surface area contributed by atoms with Gasteiger partial charge in [0.05, 0.1) is 13.1 Å². The molecule has 0 fully saturated rings. The second-order valence-electron chi connectivity index (χ2n) is 7.80. The highest BCUT2D eigenvalue weighted by molar-refractivity contribution is 5.71. The van der Waals surface area contributed by atoms with Crippen LogP contribution in [-0.2, 0) is 24.2 Å². The van der Waals surface area contributed by atoms with Crippen LogP contribution in [0.15, 0.2) is 60.7 Å². The minimum absolute atomic E-state index is 0.146. The second-order valence-corrected chi connectivity index (χ2v) is 7.80. The SMILES string of the molecule is CC(N)c1cccc(-c2cc(CCCF)cc(COc3ccccc3CC(=O)O)c2)c1F. The van der Waals surface area contributed by atoms with Crippen LogP contribution in [0.3, 0.4) is 0 Å². The molecule has 0 amide bonds. The first kappa shape index (κ1) is 23.4. The first-order valence-electron chi connectivity index (χ1n) is 10.5. The van der Waals surface area contributed by atoms with Crippen molar-refractivity contribution in [1.82, 2.24) is 0 Å². The first-order chi connectivity index (χ1) is 15.4. The predicted octanol–water partition coefficient (Wildman–Crippen LogP) is 5.62. The van der Waals surface area contributed by atoms with Gasteiger partial charge in [-0.3, -0.25) is 9.18 Å². The number of hydrogen-bond acceptors (Lipinski definition) is 3. The van der Waals surface area contributed by atoms with Crippen molar-refractivity contribution in [2.45, 2.75) is 38.8 Å². The van der Waals surface area contributed by atoms with Crippen LogP contribution in [0.2, 0.25) is 0 Å². The van der Waals surface area contributed by atoms with E-state index in [2.05, 4.69) is 0 Å². The number of carboxylic acid groups (broad SMARTS) is 1. The Morgan fingerprint density at radius 2 is 1.84 bits per heavy atom. The fraction of sp³-hybridized carbons (Fsp3) is 0.269. The zero-order valence-electron chi connectivity index (χ0n) is 18.0. The molecule has 0 aliphatic heterocycles. The summed E-state index contributed by atoms with van der Waals surface area (Å²) in [5.74, 6) is -0.833. The molecular weight excluding hydrogens is 412 g/mol. The number of carbonyl (C=O) groups is 1. The third-order valence-corrected chi connectivity index (χ3v) is 5.19. The summed E-state index contributed by atoms with van der Waals surface area (Å²) in [5, 5.41) is 9.11. The molecule has 3 aromatic carbocycles. The number of halogens is 2. The average molecular weight is 440 g/mol. The second kappa shape index (κ2) is 10.9. The molecule has 168 valence electrons. The summed E-state index contributed by atoms with van der Waals surface area (Å²) in [7, 11) is 0. The molecule has 0 spiro atoms. The van der Waals surface area contributed by atoms with E-state index in [4.69, 9.17) is 15.6 Å². The van der Waals surface area contributed by atoms with Crippen LogP contribution in [0, 0.1) is 5.82 Å². The van der Waals surface area contributed by atoms with Crippen LogP contribution in [0.4, 0.5) is 8.78 Å². The maximum Gasteiger partial charge on any atom is 0.307 e. The van der Waals surface area contributed by atoms with Gasteiger partial charge in [-0.25, -0.2) is 4.39 Å². The van der Waals surface area contributed by atoms with Crippen LogP contribution in [0.25, 0.3) is 11.1 Å². The van der Waals surface area contributed by atoms with Gasteiger partial charge in [-0.15, -0.1) is 0 Å². The third-order valence-electron chi connectivity index (χ3n) is 5.19. The van der Waals surface area contributed by atoms with E-state index in [0.29, 0.717) is 40.8 Å². The molecule has 0 aliphatic rings. The van der Waals surface area contributed by atoms with Crippen LogP contribution in [0.5, 0.6) is 5.75 Å². The summed E-state index contributed by atoms with van der Waals surface area (Å²) < 4.78 is 33.8. The van der Waals surface area contributed by atoms with Crippen molar-refractivity contribution in [3.8, 4) is 16.9 Å². The Morgan fingerprint density at radius 1 is 1.09 bits per heavy atom. The quantitative estimate of drug-likeness (QED) is 0.430. The van der Waals surface area contributed by atoms with Crippen LogP contribution in [0.1, 0.15) is 41.6 Å². The molecular formula is C26H27F2NO3. The number of aryl methyl sites for hydroxylation is 1. The molecule has 3 N–H and O–H groups in total. The van der Waals surface area contributed by atoms with Crippen molar-refractivity contribution < 1.29 is 23.4 Å². The van der Waals surface area contributed by atoms with Gasteiger partial charge in [0.2, 0.25) is 0 Å². The molecule has 1 unspecified atom stereocenters. The smallest absolute Gasteiger partial charge is 0.307 e. The molecule has 3 aromatic rings. The maximum absolute atomic E-state index is 15.1. The van der Waals surface area contributed by atoms with E-state index in [1.54, 1.807) is 49.4 Å². The van der Waals surface area contributed by atoms with Gasteiger partial charge in [-0.05, 0) is 48.6 Å². The Bertz CT molecular complexity index is 1080. The van der Waals surface area contributed by atoms with Gasteiger partial charge >= 0.3 is 5.97 Å². The Kier molecular flexibility index (Phi) is 7.95. The van der Waals surface area contributed by atoms with Gasteiger partial charge < -0.3 is 15.6 Å². The number of ether oxygens (including phenoxy) is 1. The van der Waals surface area contributed by atoms with Crippen molar-refractivity contribution in [2.75, 3.05) is 6.67 Å². The number of alkyl halides is 1. The maximum atomic E-state index is 15.1. The molecule has 0 aromatic heterocycles. The lowest BCUT2D eigenvalue weighted by Gasteiger charge is -2.15. The van der Waals surface area contributed by atoms with Crippen molar-refractivity contribution in [3.63, 3.8) is 0 Å². The number of nitrogens with two attached hydrogens (primary N) is 1. The molecule has 0 heterocycles. The van der Waals surface area contributed by atoms with Crippen LogP contribution >= 0.6 is 0 Å². The fourth-order valence-corrected chi connectivity index (χ4v) is 3.66. The van der Waals surface area contributed by atoms with E-state index in [1.165, 1.54) is 0 Å². The van der Waals surface area contributed by atoms with E-state index >= 15 is 4.39 Å². The highest BCUT2D eigenvalue weighted by Crippen LogP contribution is 2.30. The van der Waals surface area contributed by atoms with Crippen molar-refractivity contribution in [1.29, 1.82) is 0 Å². The molecule has 1 atom stereocenters. The number of hydrogen-bond donors (Lipinski definition) is 2. The van der Waals surface area contributed by atoms with Gasteiger partial charge in [0.1, 0.15) is 18.2 Å². The molecule has 6 heteroatoms. The van der Waals surface area contributed by atoms with Crippen LogP contribution in [-0.4, -0.2) is 17.8 Å². The van der Waals surface area contributed by atoms with Gasteiger partial charge in [0.15, 0.2) is 0 Å². The molecule has 0 saturated heterocycles. The number of carboxylic acids is 1. The van der Waals surface area contributed by atoms with E-state index in [0.717, 1.165) is 11.1 Å². The number of para-hydroxylation sites is 1. The van der Waals surface area contributed by atoms with Crippen molar-refractivity contribution in [3.05, 3.63) is 88.7 Å². The monoisotopic (exact) mass is 439 g/mol. The largest absolute Gasteiger partial charge is 0.489 e. The van der Waals surface area contributed by atoms with E-state index in [1.807, 2.05) is 18.2 Å². The summed E-state index contributed by atoms with van der Waals surface area (Å²) >= 11 is 0. The van der Waals surface area contributed by atoms with E-state index in [9.17, 15) is 9.18 Å². The summed E-state index contributed by atoms with van der Waals surface area (Å²) in [6, 6.07) is 17.3. The summed E-state index contributed by atoms with van der Waals surface area (Å²) in [5.41, 5.74) is 9.66. The zero-order valence-corrected chi connectivity index (χ0v) is 18.0. The van der Waals surface area contributed by atoms with E-state index < -0.39 is 18.7 Å². The lowest BCUT2D eigenvalue weighted by molar-refractivity contribution is -0.136. The summed E-state index contributed by atoms with van der Waals surface area (Å²) in [6.45, 7) is 1.46. The summed E-state index contributed by atoms with van der Waals surface area (Å²) in [6.07, 6.45) is 0.738. The molecule has 0 radical (unpaired) electrons. The topological polar surface area (TPSA) is 72.5 Å². The fourth-order valence-electron chi connectivity index (χ4n) is 3.66. The van der Waals surface area contributed by atoms with Gasteiger partial charge in [-0.2, -0.15) is 0 Å². The predicted molar refractivity (Wildman–Crippen MR) is 121 cm³/mol. The number of aliphatic carboxylic acids is 1. The van der Waals surface area contributed by atoms with Crippen molar-refractivity contribution in [2.24, 2.45) is 5.73 Å².